The van der Waals surface area contributed by atoms with Crippen molar-refractivity contribution in [3.05, 3.63) is 29.6 Å². The van der Waals surface area contributed by atoms with E-state index in [1.165, 1.54) is 6.20 Å². The van der Waals surface area contributed by atoms with E-state index >= 15 is 0 Å². The average molecular weight is 435 g/mol. The van der Waals surface area contributed by atoms with E-state index in [1.54, 1.807) is 0 Å². The predicted molar refractivity (Wildman–Crippen MR) is 106 cm³/mol. The second-order valence-corrected chi connectivity index (χ2v) is 8.93. The van der Waals surface area contributed by atoms with Crippen LogP contribution in [0.5, 0.6) is 0 Å². The first kappa shape index (κ1) is 20.1. The van der Waals surface area contributed by atoms with Crippen LogP contribution in [0.15, 0.2) is 18.3 Å². The molecule has 1 aliphatic heterocycles. The van der Waals surface area contributed by atoms with Crippen molar-refractivity contribution in [2.24, 2.45) is 11.8 Å². The number of cyclic esters (lactones) is 1. The maximum absolute atomic E-state index is 13.3. The first-order valence-electron chi connectivity index (χ1n) is 10.5. The van der Waals surface area contributed by atoms with Gasteiger partial charge in [-0.2, -0.15) is 18.3 Å². The number of hydrogen-bond donors (Lipinski definition) is 1. The number of rotatable bonds is 4. The molecular weight excluding hydrogens is 411 g/mol. The maximum atomic E-state index is 13.3. The summed E-state index contributed by atoms with van der Waals surface area (Å²) in [5.41, 5.74) is 6.28. The lowest BCUT2D eigenvalue weighted by molar-refractivity contribution is -0.137. The Morgan fingerprint density at radius 3 is 2.52 bits per heavy atom. The number of alkyl halides is 3. The summed E-state index contributed by atoms with van der Waals surface area (Å²) in [6.07, 6.45) is -1.62. The molecule has 7 nitrogen and oxygen atoms in total. The van der Waals surface area contributed by atoms with Crippen LogP contribution in [0.1, 0.15) is 49.9 Å². The molecule has 2 saturated carbocycles. The average Bonchev–Trinajstić information content (AvgIpc) is 3.13. The number of carbonyl (C=O) groups excluding carboxylic acids is 1. The number of fused-ring (bicyclic) bond motifs is 1. The third-order valence-corrected chi connectivity index (χ3v) is 6.77. The van der Waals surface area contributed by atoms with E-state index in [-0.39, 0.29) is 18.2 Å². The van der Waals surface area contributed by atoms with E-state index in [9.17, 15) is 18.0 Å². The van der Waals surface area contributed by atoms with Crippen molar-refractivity contribution >= 4 is 11.9 Å². The zero-order valence-corrected chi connectivity index (χ0v) is 17.3. The molecule has 0 spiro atoms. The lowest BCUT2D eigenvalue weighted by atomic mass is 10.0. The van der Waals surface area contributed by atoms with Gasteiger partial charge in [0.15, 0.2) is 0 Å². The zero-order valence-electron chi connectivity index (χ0n) is 17.3. The molecule has 0 radical (unpaired) electrons. The number of carbonyl (C=O) groups is 1. The van der Waals surface area contributed by atoms with E-state index in [4.69, 9.17) is 10.5 Å². The van der Waals surface area contributed by atoms with Gasteiger partial charge in [0, 0.05) is 35.5 Å². The van der Waals surface area contributed by atoms with Crippen LogP contribution in [0.2, 0.25) is 0 Å². The number of aromatic nitrogens is 3. The van der Waals surface area contributed by atoms with E-state index < -0.39 is 17.6 Å². The molecule has 1 amide bonds. The Hall–Kier alpha value is -2.78. The fourth-order valence-corrected chi connectivity index (χ4v) is 5.30. The van der Waals surface area contributed by atoms with E-state index in [0.717, 1.165) is 24.6 Å². The summed E-state index contributed by atoms with van der Waals surface area (Å²) in [6, 6.07) is 3.18. The van der Waals surface area contributed by atoms with Gasteiger partial charge < -0.3 is 15.4 Å². The molecule has 31 heavy (non-hydrogen) atoms. The Morgan fingerprint density at radius 2 is 1.94 bits per heavy atom. The fourth-order valence-electron chi connectivity index (χ4n) is 5.30. The molecule has 2 aromatic rings. The van der Waals surface area contributed by atoms with Gasteiger partial charge in [0.1, 0.15) is 12.4 Å². The molecule has 10 heteroatoms. The summed E-state index contributed by atoms with van der Waals surface area (Å²) in [5, 5.41) is 4.61. The summed E-state index contributed by atoms with van der Waals surface area (Å²) in [6.45, 7) is 5.11. The highest BCUT2D eigenvalue weighted by molar-refractivity contribution is 5.70. The molecule has 1 saturated heterocycles. The number of nitrogens with two attached hydrogens (primary N) is 1. The van der Waals surface area contributed by atoms with Crippen LogP contribution in [0.3, 0.4) is 0 Å². The minimum atomic E-state index is -4.57. The van der Waals surface area contributed by atoms with Crippen molar-refractivity contribution in [2.45, 2.75) is 50.9 Å². The summed E-state index contributed by atoms with van der Waals surface area (Å²) in [7, 11) is 0. The number of halogens is 3. The van der Waals surface area contributed by atoms with Gasteiger partial charge in [-0.3, -0.25) is 4.68 Å². The van der Waals surface area contributed by atoms with Crippen LogP contribution in [-0.2, 0) is 10.9 Å². The molecular formula is C21H24F3N5O2. The number of ether oxygens (including phenoxy) is 1. The van der Waals surface area contributed by atoms with Gasteiger partial charge in [0.25, 0.3) is 0 Å². The Bertz CT molecular complexity index is 1020. The molecule has 4 atom stereocenters. The second kappa shape index (κ2) is 6.86. The van der Waals surface area contributed by atoms with Crippen molar-refractivity contribution in [3.8, 4) is 11.3 Å². The monoisotopic (exact) mass is 435 g/mol. The van der Waals surface area contributed by atoms with Crippen LogP contribution >= 0.6 is 0 Å². The van der Waals surface area contributed by atoms with Crippen molar-refractivity contribution in [2.75, 3.05) is 18.9 Å². The summed E-state index contributed by atoms with van der Waals surface area (Å²) >= 11 is 0. The minimum Gasteiger partial charge on any atom is -0.448 e. The van der Waals surface area contributed by atoms with Crippen molar-refractivity contribution in [1.82, 2.24) is 19.7 Å². The Morgan fingerprint density at radius 1 is 1.23 bits per heavy atom. The fraction of sp³-hybridized carbons (Fsp3) is 0.571. The van der Waals surface area contributed by atoms with Crippen LogP contribution < -0.4 is 5.73 Å². The molecule has 2 aromatic heterocycles. The molecule has 166 valence electrons. The standard InChI is InChI=1S/C21H24F3N5O2/c1-10(2)29-17(18-13-6-12(7-14(13)18)28-3-4-31-20(28)30)8-16(27-29)11-5-15(21(22,23)24)19(25)26-9-11/h5,8-10,12-14,18H,3-4,6-7H2,1-2H3,(H2,25,26)/t12?,13-,14+,18?. The van der Waals surface area contributed by atoms with Gasteiger partial charge in [0.05, 0.1) is 17.8 Å². The number of nitrogen functional groups attached to an aromatic ring is 1. The van der Waals surface area contributed by atoms with Crippen LogP contribution in [-0.4, -0.2) is 45.0 Å². The maximum Gasteiger partial charge on any atom is 0.419 e. The molecule has 5 rings (SSSR count). The molecule has 3 heterocycles. The van der Waals surface area contributed by atoms with Gasteiger partial charge in [-0.25, -0.2) is 9.78 Å². The van der Waals surface area contributed by atoms with E-state index in [1.807, 2.05) is 29.5 Å². The zero-order chi connectivity index (χ0) is 22.1. The molecule has 3 fully saturated rings. The van der Waals surface area contributed by atoms with E-state index in [0.29, 0.717) is 42.2 Å². The van der Waals surface area contributed by atoms with Crippen LogP contribution in [0.25, 0.3) is 11.3 Å². The predicted octanol–water partition coefficient (Wildman–Crippen LogP) is 4.07. The van der Waals surface area contributed by atoms with Crippen molar-refractivity contribution in [1.29, 1.82) is 0 Å². The Balaban J connectivity index is 1.41. The SMILES string of the molecule is CC(C)n1nc(-c2cnc(N)c(C(F)(F)F)c2)cc1C1[C@H]2CC(N3CCOC3=O)C[C@@H]12. The lowest BCUT2D eigenvalue weighted by Gasteiger charge is -2.23. The van der Waals surface area contributed by atoms with Crippen LogP contribution in [0, 0.1) is 11.8 Å². The van der Waals surface area contributed by atoms with Gasteiger partial charge >= 0.3 is 12.3 Å². The number of pyridine rings is 1. The third kappa shape index (κ3) is 3.32. The highest BCUT2D eigenvalue weighted by atomic mass is 19.4. The first-order valence-corrected chi connectivity index (χ1v) is 10.5. The second-order valence-electron chi connectivity index (χ2n) is 8.93. The Labute approximate surface area is 177 Å². The summed E-state index contributed by atoms with van der Waals surface area (Å²) in [5.74, 6) is 0.678. The van der Waals surface area contributed by atoms with Gasteiger partial charge in [-0.05, 0) is 50.7 Å². The third-order valence-electron chi connectivity index (χ3n) is 6.77. The van der Waals surface area contributed by atoms with Crippen LogP contribution in [0.4, 0.5) is 23.8 Å². The van der Waals surface area contributed by atoms with Crippen molar-refractivity contribution in [3.63, 3.8) is 0 Å². The molecule has 0 aromatic carbocycles. The molecule has 0 bridgehead atoms. The number of anilines is 1. The normalized spacial score (nSPS) is 27.7. The molecule has 2 aliphatic carbocycles. The molecule has 3 aliphatic rings. The lowest BCUT2D eigenvalue weighted by Crippen LogP contribution is -2.35. The minimum absolute atomic E-state index is 0.0678. The highest BCUT2D eigenvalue weighted by Crippen LogP contribution is 2.64. The van der Waals surface area contributed by atoms with Gasteiger partial charge in [-0.1, -0.05) is 0 Å². The Kier molecular flexibility index (Phi) is 4.46. The smallest absolute Gasteiger partial charge is 0.419 e. The molecule has 2 unspecified atom stereocenters. The summed E-state index contributed by atoms with van der Waals surface area (Å²) < 4.78 is 46.7. The highest BCUT2D eigenvalue weighted by Gasteiger charge is 2.59. The number of amides is 1. The number of nitrogens with zero attached hydrogens (tertiary/aromatic N) is 4. The quantitative estimate of drug-likeness (QED) is 0.782. The van der Waals surface area contributed by atoms with Crippen molar-refractivity contribution < 1.29 is 22.7 Å². The topological polar surface area (TPSA) is 86.3 Å². The van der Waals surface area contributed by atoms with E-state index in [2.05, 4.69) is 10.1 Å². The van der Waals surface area contributed by atoms with Gasteiger partial charge in [0.2, 0.25) is 0 Å². The molecule has 2 N–H and O–H groups in total. The first-order chi connectivity index (χ1) is 14.6. The largest absolute Gasteiger partial charge is 0.448 e. The van der Waals surface area contributed by atoms with Gasteiger partial charge in [-0.15, -0.1) is 0 Å². The number of hydrogen-bond acceptors (Lipinski definition) is 5. The summed E-state index contributed by atoms with van der Waals surface area (Å²) in [4.78, 5) is 17.4.